The van der Waals surface area contributed by atoms with Crippen molar-refractivity contribution < 1.29 is 9.47 Å². The van der Waals surface area contributed by atoms with Crippen molar-refractivity contribution in [1.82, 2.24) is 4.98 Å². The van der Waals surface area contributed by atoms with E-state index in [0.29, 0.717) is 0 Å². The molecule has 0 fully saturated rings. The van der Waals surface area contributed by atoms with Crippen LogP contribution in [0.15, 0.2) is 66.7 Å². The van der Waals surface area contributed by atoms with E-state index < -0.39 is 0 Å². The second kappa shape index (κ2) is 4.90. The number of para-hydroxylation sites is 2. The Hall–Kier alpha value is -3.20. The van der Waals surface area contributed by atoms with Crippen LogP contribution in [0, 0.1) is 6.92 Å². The third kappa shape index (κ3) is 2.06. The summed E-state index contributed by atoms with van der Waals surface area (Å²) in [6.45, 7) is 2.09. The van der Waals surface area contributed by atoms with Gasteiger partial charge in [-0.05, 0) is 36.8 Å². The average molecular weight is 313 g/mol. The first-order chi connectivity index (χ1) is 11.8. The second-order valence-electron chi connectivity index (χ2n) is 6.09. The first kappa shape index (κ1) is 13.3. The van der Waals surface area contributed by atoms with Crippen molar-refractivity contribution in [2.75, 3.05) is 0 Å². The maximum Gasteiger partial charge on any atom is 0.172 e. The zero-order chi connectivity index (χ0) is 16.1. The van der Waals surface area contributed by atoms with Crippen LogP contribution in [0.4, 0.5) is 0 Å². The molecule has 3 nitrogen and oxygen atoms in total. The van der Waals surface area contributed by atoms with E-state index in [9.17, 15) is 0 Å². The number of ether oxygens (including phenoxy) is 2. The molecular weight excluding hydrogens is 298 g/mol. The maximum atomic E-state index is 5.98. The topological polar surface area (TPSA) is 34.2 Å². The fraction of sp³-hybridized carbons (Fsp3) is 0.0476. The van der Waals surface area contributed by atoms with E-state index in [4.69, 9.17) is 9.47 Å². The number of aryl methyl sites for hydroxylation is 1. The molecule has 4 aromatic rings. The molecule has 0 radical (unpaired) electrons. The largest absolute Gasteiger partial charge is 0.449 e. The van der Waals surface area contributed by atoms with E-state index in [1.54, 1.807) is 0 Å². The molecule has 0 saturated heterocycles. The van der Waals surface area contributed by atoms with Crippen molar-refractivity contribution in [3.05, 3.63) is 72.3 Å². The molecule has 0 amide bonds. The molecule has 3 heteroatoms. The summed E-state index contributed by atoms with van der Waals surface area (Å²) in [5.74, 6) is 2.97. The quantitative estimate of drug-likeness (QED) is 0.409. The number of H-pyrrole nitrogens is 1. The van der Waals surface area contributed by atoms with Gasteiger partial charge in [-0.2, -0.15) is 0 Å². The van der Waals surface area contributed by atoms with Gasteiger partial charge in [0.2, 0.25) is 0 Å². The zero-order valence-electron chi connectivity index (χ0n) is 13.2. The minimum Gasteiger partial charge on any atom is -0.449 e. The van der Waals surface area contributed by atoms with Gasteiger partial charge in [0, 0.05) is 22.7 Å². The molecule has 24 heavy (non-hydrogen) atoms. The molecule has 3 aromatic carbocycles. The van der Waals surface area contributed by atoms with Gasteiger partial charge in [0.05, 0.1) is 0 Å². The molecule has 0 atom stereocenters. The highest BCUT2D eigenvalue weighted by Crippen LogP contribution is 2.46. The van der Waals surface area contributed by atoms with Gasteiger partial charge >= 0.3 is 0 Å². The van der Waals surface area contributed by atoms with Gasteiger partial charge in [-0.15, -0.1) is 0 Å². The fourth-order valence-electron chi connectivity index (χ4n) is 3.04. The van der Waals surface area contributed by atoms with E-state index >= 15 is 0 Å². The predicted octanol–water partition coefficient (Wildman–Crippen LogP) is 6.04. The summed E-state index contributed by atoms with van der Waals surface area (Å²) in [7, 11) is 0. The lowest BCUT2D eigenvalue weighted by Crippen LogP contribution is -1.98. The molecule has 0 unspecified atom stereocenters. The summed E-state index contributed by atoms with van der Waals surface area (Å²) in [6, 6.07) is 22.4. The Labute approximate surface area is 139 Å². The van der Waals surface area contributed by atoms with E-state index in [-0.39, 0.29) is 0 Å². The molecule has 2 heterocycles. The van der Waals surface area contributed by atoms with Gasteiger partial charge in [-0.3, -0.25) is 0 Å². The average Bonchev–Trinajstić information content (AvgIpc) is 3.01. The van der Waals surface area contributed by atoms with Gasteiger partial charge in [0.1, 0.15) is 0 Å². The van der Waals surface area contributed by atoms with Gasteiger partial charge in [0.15, 0.2) is 23.0 Å². The summed E-state index contributed by atoms with van der Waals surface area (Å²) < 4.78 is 11.9. The number of hydrogen-bond donors (Lipinski definition) is 1. The molecule has 1 aliphatic rings. The van der Waals surface area contributed by atoms with Crippen LogP contribution in [0.5, 0.6) is 23.0 Å². The Balaban J connectivity index is 1.61. The van der Waals surface area contributed by atoms with E-state index in [0.717, 1.165) is 39.6 Å². The zero-order valence-corrected chi connectivity index (χ0v) is 13.2. The van der Waals surface area contributed by atoms with Gasteiger partial charge < -0.3 is 14.5 Å². The van der Waals surface area contributed by atoms with Crippen LogP contribution in [0.25, 0.3) is 22.2 Å². The number of fused-ring (bicyclic) bond motifs is 3. The van der Waals surface area contributed by atoms with E-state index in [1.807, 2.05) is 36.4 Å². The third-order valence-corrected chi connectivity index (χ3v) is 4.34. The minimum atomic E-state index is 0.735. The lowest BCUT2D eigenvalue weighted by atomic mass is 10.1. The number of benzene rings is 3. The SMILES string of the molecule is Cc1ccc(-c2cc3cc4c(cc3[nH]2)Oc2ccccc2O4)cc1. The number of aromatic amines is 1. The molecule has 116 valence electrons. The molecule has 0 spiro atoms. The highest BCUT2D eigenvalue weighted by Gasteiger charge is 2.19. The van der Waals surface area contributed by atoms with E-state index in [1.165, 1.54) is 11.1 Å². The van der Waals surface area contributed by atoms with Crippen molar-refractivity contribution >= 4 is 10.9 Å². The molecule has 1 N–H and O–H groups in total. The Morgan fingerprint density at radius 1 is 0.708 bits per heavy atom. The van der Waals surface area contributed by atoms with Crippen molar-refractivity contribution in [1.29, 1.82) is 0 Å². The lowest BCUT2D eigenvalue weighted by Gasteiger charge is -2.20. The Morgan fingerprint density at radius 2 is 1.38 bits per heavy atom. The smallest absolute Gasteiger partial charge is 0.172 e. The lowest BCUT2D eigenvalue weighted by molar-refractivity contribution is 0.360. The minimum absolute atomic E-state index is 0.735. The number of aromatic nitrogens is 1. The monoisotopic (exact) mass is 313 g/mol. The van der Waals surface area contributed by atoms with Crippen LogP contribution in [-0.4, -0.2) is 4.98 Å². The third-order valence-electron chi connectivity index (χ3n) is 4.34. The molecule has 5 rings (SSSR count). The summed E-state index contributed by atoms with van der Waals surface area (Å²) in [5.41, 5.74) is 4.54. The highest BCUT2D eigenvalue weighted by molar-refractivity contribution is 5.89. The van der Waals surface area contributed by atoms with Crippen molar-refractivity contribution in [2.45, 2.75) is 6.92 Å². The highest BCUT2D eigenvalue weighted by atomic mass is 16.6. The normalized spacial score (nSPS) is 12.2. The van der Waals surface area contributed by atoms with Crippen molar-refractivity contribution in [3.63, 3.8) is 0 Å². The molecular formula is C21H15NO2. The maximum absolute atomic E-state index is 5.98. The number of hydrogen-bond acceptors (Lipinski definition) is 2. The molecule has 0 saturated carbocycles. The van der Waals surface area contributed by atoms with Crippen molar-refractivity contribution in [2.24, 2.45) is 0 Å². The molecule has 0 bridgehead atoms. The predicted molar refractivity (Wildman–Crippen MR) is 95.1 cm³/mol. The van der Waals surface area contributed by atoms with Crippen LogP contribution >= 0.6 is 0 Å². The van der Waals surface area contributed by atoms with Gasteiger partial charge in [0.25, 0.3) is 0 Å². The molecule has 0 aliphatic carbocycles. The number of nitrogens with one attached hydrogen (secondary N) is 1. The summed E-state index contributed by atoms with van der Waals surface area (Å²) in [6.07, 6.45) is 0. The summed E-state index contributed by atoms with van der Waals surface area (Å²) in [4.78, 5) is 3.47. The second-order valence-corrected chi connectivity index (χ2v) is 6.09. The Bertz CT molecular complexity index is 999. The van der Waals surface area contributed by atoms with Gasteiger partial charge in [-0.25, -0.2) is 0 Å². The molecule has 1 aromatic heterocycles. The first-order valence-corrected chi connectivity index (χ1v) is 7.95. The molecule has 1 aliphatic heterocycles. The Morgan fingerprint density at radius 3 is 2.08 bits per heavy atom. The van der Waals surface area contributed by atoms with Crippen LogP contribution in [0.2, 0.25) is 0 Å². The van der Waals surface area contributed by atoms with Crippen LogP contribution in [0.3, 0.4) is 0 Å². The summed E-state index contributed by atoms with van der Waals surface area (Å²) >= 11 is 0. The van der Waals surface area contributed by atoms with Gasteiger partial charge in [-0.1, -0.05) is 42.0 Å². The Kier molecular flexibility index (Phi) is 2.71. The van der Waals surface area contributed by atoms with Crippen LogP contribution in [-0.2, 0) is 0 Å². The number of rotatable bonds is 1. The fourth-order valence-corrected chi connectivity index (χ4v) is 3.04. The van der Waals surface area contributed by atoms with E-state index in [2.05, 4.69) is 42.2 Å². The standard InChI is InChI=1S/C21H15NO2/c1-13-6-8-14(9-7-13)16-10-15-11-20-21(12-17(15)22-16)24-19-5-3-2-4-18(19)23-20/h2-12,22H,1H3. The van der Waals surface area contributed by atoms with Crippen molar-refractivity contribution in [3.8, 4) is 34.3 Å². The van der Waals surface area contributed by atoms with Crippen LogP contribution in [0.1, 0.15) is 5.56 Å². The summed E-state index contributed by atoms with van der Waals surface area (Å²) in [5, 5.41) is 1.10. The first-order valence-electron chi connectivity index (χ1n) is 7.95. The van der Waals surface area contributed by atoms with Crippen LogP contribution < -0.4 is 9.47 Å².